The van der Waals surface area contributed by atoms with Gasteiger partial charge in [-0.25, -0.2) is 0 Å². The molecule has 0 radical (unpaired) electrons. The van der Waals surface area contributed by atoms with Gasteiger partial charge in [0.15, 0.2) is 0 Å². The summed E-state index contributed by atoms with van der Waals surface area (Å²) in [5, 5.41) is 3.63. The van der Waals surface area contributed by atoms with Crippen molar-refractivity contribution in [1.29, 1.82) is 0 Å². The van der Waals surface area contributed by atoms with Gasteiger partial charge >= 0.3 is 0 Å². The molecule has 0 saturated carbocycles. The molecule has 0 bridgehead atoms. The van der Waals surface area contributed by atoms with Crippen molar-refractivity contribution in [2.24, 2.45) is 0 Å². The van der Waals surface area contributed by atoms with E-state index in [0.29, 0.717) is 24.5 Å². The maximum absolute atomic E-state index is 12.1. The zero-order valence-electron chi connectivity index (χ0n) is 13.3. The van der Waals surface area contributed by atoms with Crippen LogP contribution >= 0.6 is 11.6 Å². The number of hydrogen-bond acceptors (Lipinski definition) is 2. The maximum atomic E-state index is 12.1. The van der Waals surface area contributed by atoms with Crippen LogP contribution in [0.2, 0.25) is 5.02 Å². The minimum Gasteiger partial charge on any atom is -0.491 e. The Hall–Kier alpha value is -2.00. The number of carbonyl (C=O) groups excluding carboxylic acids is 1. The number of anilines is 1. The SMILES string of the molecule is CCCCOc1ccccc1NC(=O)CCc1ccc(Cl)cc1. The molecule has 2 aromatic rings. The van der Waals surface area contributed by atoms with Crippen molar-refractivity contribution < 1.29 is 9.53 Å². The number of ether oxygens (including phenoxy) is 1. The molecule has 3 nitrogen and oxygen atoms in total. The number of amides is 1. The lowest BCUT2D eigenvalue weighted by Gasteiger charge is -2.12. The lowest BCUT2D eigenvalue weighted by molar-refractivity contribution is -0.116. The highest BCUT2D eigenvalue weighted by Crippen LogP contribution is 2.24. The summed E-state index contributed by atoms with van der Waals surface area (Å²) in [4.78, 5) is 12.1. The Balaban J connectivity index is 1.88. The average Bonchev–Trinajstić information content (AvgIpc) is 2.56. The Bertz CT molecular complexity index is 626. The smallest absolute Gasteiger partial charge is 0.224 e. The fourth-order valence-corrected chi connectivity index (χ4v) is 2.27. The summed E-state index contributed by atoms with van der Waals surface area (Å²) in [7, 11) is 0. The van der Waals surface area contributed by atoms with Crippen LogP contribution in [0.15, 0.2) is 48.5 Å². The molecule has 0 aliphatic rings. The monoisotopic (exact) mass is 331 g/mol. The normalized spacial score (nSPS) is 10.3. The molecule has 2 rings (SSSR count). The number of hydrogen-bond donors (Lipinski definition) is 1. The van der Waals surface area contributed by atoms with Crippen LogP contribution in [0, 0.1) is 0 Å². The third kappa shape index (κ3) is 5.95. The highest BCUT2D eigenvalue weighted by atomic mass is 35.5. The highest BCUT2D eigenvalue weighted by Gasteiger charge is 2.08. The second kappa shape index (κ2) is 9.21. The van der Waals surface area contributed by atoms with Crippen molar-refractivity contribution in [3.8, 4) is 5.75 Å². The zero-order valence-corrected chi connectivity index (χ0v) is 14.1. The van der Waals surface area contributed by atoms with Crippen LogP contribution in [0.4, 0.5) is 5.69 Å². The number of benzene rings is 2. The molecule has 0 fully saturated rings. The van der Waals surface area contributed by atoms with E-state index in [0.717, 1.165) is 29.8 Å². The molecule has 1 N–H and O–H groups in total. The third-order valence-electron chi connectivity index (χ3n) is 3.47. The van der Waals surface area contributed by atoms with Crippen LogP contribution in [0.1, 0.15) is 31.7 Å². The van der Waals surface area contributed by atoms with Crippen LogP contribution in [0.3, 0.4) is 0 Å². The molecular weight excluding hydrogens is 310 g/mol. The largest absolute Gasteiger partial charge is 0.491 e. The summed E-state index contributed by atoms with van der Waals surface area (Å²) in [5.74, 6) is 0.701. The van der Waals surface area contributed by atoms with E-state index in [-0.39, 0.29) is 5.91 Å². The number of halogens is 1. The zero-order chi connectivity index (χ0) is 16.5. The highest BCUT2D eigenvalue weighted by molar-refractivity contribution is 6.30. The number of unbranched alkanes of at least 4 members (excludes halogenated alkanes) is 1. The molecule has 0 atom stereocenters. The van der Waals surface area contributed by atoms with Crippen molar-refractivity contribution in [2.75, 3.05) is 11.9 Å². The van der Waals surface area contributed by atoms with E-state index in [1.165, 1.54) is 0 Å². The van der Waals surface area contributed by atoms with Gasteiger partial charge in [-0.05, 0) is 42.7 Å². The first-order valence-corrected chi connectivity index (χ1v) is 8.33. The van der Waals surface area contributed by atoms with Gasteiger partial charge in [0.2, 0.25) is 5.91 Å². The summed E-state index contributed by atoms with van der Waals surface area (Å²) >= 11 is 5.86. The average molecular weight is 332 g/mol. The fraction of sp³-hybridized carbons (Fsp3) is 0.316. The molecule has 4 heteroatoms. The lowest BCUT2D eigenvalue weighted by atomic mass is 10.1. The Kier molecular flexibility index (Phi) is 6.95. The van der Waals surface area contributed by atoms with E-state index in [4.69, 9.17) is 16.3 Å². The Morgan fingerprint density at radius 1 is 1.13 bits per heavy atom. The molecule has 0 aliphatic heterocycles. The second-order valence-electron chi connectivity index (χ2n) is 5.37. The van der Waals surface area contributed by atoms with Gasteiger partial charge in [-0.2, -0.15) is 0 Å². The molecule has 1 amide bonds. The molecule has 122 valence electrons. The van der Waals surface area contributed by atoms with Crippen molar-refractivity contribution in [3.63, 3.8) is 0 Å². The summed E-state index contributed by atoms with van der Waals surface area (Å²) in [5.41, 5.74) is 1.82. The maximum Gasteiger partial charge on any atom is 0.224 e. The van der Waals surface area contributed by atoms with Crippen molar-refractivity contribution in [2.45, 2.75) is 32.6 Å². The molecule has 0 saturated heterocycles. The van der Waals surface area contributed by atoms with Crippen molar-refractivity contribution >= 4 is 23.2 Å². The lowest BCUT2D eigenvalue weighted by Crippen LogP contribution is -2.13. The van der Waals surface area contributed by atoms with Crippen LogP contribution in [0.25, 0.3) is 0 Å². The number of para-hydroxylation sites is 2. The number of nitrogens with one attached hydrogen (secondary N) is 1. The van der Waals surface area contributed by atoms with Gasteiger partial charge in [-0.3, -0.25) is 4.79 Å². The van der Waals surface area contributed by atoms with Gasteiger partial charge in [0.1, 0.15) is 5.75 Å². The van der Waals surface area contributed by atoms with E-state index in [1.54, 1.807) is 0 Å². The molecule has 2 aromatic carbocycles. The van der Waals surface area contributed by atoms with Gasteiger partial charge in [0, 0.05) is 11.4 Å². The first kappa shape index (κ1) is 17.4. The van der Waals surface area contributed by atoms with E-state index in [9.17, 15) is 4.79 Å². The topological polar surface area (TPSA) is 38.3 Å². The van der Waals surface area contributed by atoms with Gasteiger partial charge < -0.3 is 10.1 Å². The Labute approximate surface area is 142 Å². The number of rotatable bonds is 8. The minimum atomic E-state index is -0.0218. The third-order valence-corrected chi connectivity index (χ3v) is 3.72. The molecule has 0 aliphatic carbocycles. The minimum absolute atomic E-state index is 0.0218. The standard InChI is InChI=1S/C19H22ClNO2/c1-2-3-14-23-18-7-5-4-6-17(18)21-19(22)13-10-15-8-11-16(20)12-9-15/h4-9,11-12H,2-3,10,13-14H2,1H3,(H,21,22). The quantitative estimate of drug-likeness (QED) is 0.684. The number of carbonyl (C=O) groups is 1. The summed E-state index contributed by atoms with van der Waals surface area (Å²) in [6, 6.07) is 15.1. The van der Waals surface area contributed by atoms with E-state index in [2.05, 4.69) is 12.2 Å². The summed E-state index contributed by atoms with van der Waals surface area (Å²) in [6.45, 7) is 2.78. The van der Waals surface area contributed by atoms with Crippen LogP contribution < -0.4 is 10.1 Å². The Morgan fingerprint density at radius 3 is 2.61 bits per heavy atom. The van der Waals surface area contributed by atoms with Gasteiger partial charge in [-0.1, -0.05) is 49.2 Å². The van der Waals surface area contributed by atoms with E-state index >= 15 is 0 Å². The second-order valence-corrected chi connectivity index (χ2v) is 5.81. The van der Waals surface area contributed by atoms with Gasteiger partial charge in [0.25, 0.3) is 0 Å². The predicted octanol–water partition coefficient (Wildman–Crippen LogP) is 5.09. The molecule has 0 heterocycles. The molecular formula is C19H22ClNO2. The van der Waals surface area contributed by atoms with E-state index < -0.39 is 0 Å². The van der Waals surface area contributed by atoms with Crippen LogP contribution in [-0.2, 0) is 11.2 Å². The summed E-state index contributed by atoms with van der Waals surface area (Å²) < 4.78 is 5.72. The molecule has 0 unspecified atom stereocenters. The van der Waals surface area contributed by atoms with Crippen LogP contribution in [-0.4, -0.2) is 12.5 Å². The first-order valence-electron chi connectivity index (χ1n) is 7.95. The van der Waals surface area contributed by atoms with Crippen LogP contribution in [0.5, 0.6) is 5.75 Å². The first-order chi connectivity index (χ1) is 11.2. The number of aryl methyl sites for hydroxylation is 1. The summed E-state index contributed by atoms with van der Waals surface area (Å²) in [6.07, 6.45) is 3.18. The van der Waals surface area contributed by atoms with Crippen molar-refractivity contribution in [3.05, 3.63) is 59.1 Å². The molecule has 0 aromatic heterocycles. The molecule has 23 heavy (non-hydrogen) atoms. The fourth-order valence-electron chi connectivity index (χ4n) is 2.14. The Morgan fingerprint density at radius 2 is 1.87 bits per heavy atom. The predicted molar refractivity (Wildman–Crippen MR) is 95.2 cm³/mol. The van der Waals surface area contributed by atoms with Gasteiger partial charge in [-0.15, -0.1) is 0 Å². The van der Waals surface area contributed by atoms with Crippen molar-refractivity contribution in [1.82, 2.24) is 0 Å². The van der Waals surface area contributed by atoms with E-state index in [1.807, 2.05) is 48.5 Å². The van der Waals surface area contributed by atoms with Gasteiger partial charge in [0.05, 0.1) is 12.3 Å². The molecule has 0 spiro atoms.